The second-order valence-electron chi connectivity index (χ2n) is 3.55. The molecule has 7 nitrogen and oxygen atoms in total. The van der Waals surface area contributed by atoms with Gasteiger partial charge in [-0.15, -0.1) is 0 Å². The van der Waals surface area contributed by atoms with Crippen LogP contribution in [0.5, 0.6) is 0 Å². The molecular weight excluding hydrogens is 226 g/mol. The van der Waals surface area contributed by atoms with Crippen molar-refractivity contribution in [1.82, 2.24) is 9.97 Å². The van der Waals surface area contributed by atoms with Crippen LogP contribution in [0.3, 0.4) is 0 Å². The smallest absolute Gasteiger partial charge is 0.271 e. The fourth-order valence-electron chi connectivity index (χ4n) is 1.65. The van der Waals surface area contributed by atoms with E-state index in [-0.39, 0.29) is 28.6 Å². The van der Waals surface area contributed by atoms with E-state index >= 15 is 0 Å². The number of fused-ring (bicyclic) bond motifs is 2. The molecule has 0 radical (unpaired) electrons. The monoisotopic (exact) mass is 231 g/mol. The van der Waals surface area contributed by atoms with Crippen LogP contribution in [0.25, 0.3) is 22.6 Å². The zero-order chi connectivity index (χ0) is 12.2. The van der Waals surface area contributed by atoms with Crippen molar-refractivity contribution in [2.24, 2.45) is 0 Å². The van der Waals surface area contributed by atoms with Crippen LogP contribution in [-0.4, -0.2) is 25.1 Å². The van der Waals surface area contributed by atoms with Crippen molar-refractivity contribution >= 4 is 28.2 Å². The molecule has 0 spiro atoms. The number of hydrogen-bond donors (Lipinski definition) is 2. The highest BCUT2D eigenvalue weighted by Crippen LogP contribution is 2.35. The summed E-state index contributed by atoms with van der Waals surface area (Å²) in [6.45, 7) is 0. The zero-order valence-electron chi connectivity index (χ0n) is 8.28. The average molecular weight is 231 g/mol. The summed E-state index contributed by atoms with van der Waals surface area (Å²) in [5.41, 5.74) is 1.00. The fraction of sp³-hybridized carbons (Fsp3) is 0. The van der Waals surface area contributed by atoms with Crippen LogP contribution in [0.15, 0.2) is 18.2 Å². The SMILES string of the molecule is O=[N+]([O-])c1ccc2nc3c(nc2c1)C(O)=C3O. The highest BCUT2D eigenvalue weighted by molar-refractivity contribution is 5.96. The Morgan fingerprint density at radius 2 is 1.65 bits per heavy atom. The van der Waals surface area contributed by atoms with Crippen molar-refractivity contribution in [3.63, 3.8) is 0 Å². The summed E-state index contributed by atoms with van der Waals surface area (Å²) in [5.74, 6) is -0.631. The van der Waals surface area contributed by atoms with Gasteiger partial charge in [-0.3, -0.25) is 10.1 Å². The average Bonchev–Trinajstić information content (AvgIpc) is 2.35. The molecule has 3 rings (SSSR count). The van der Waals surface area contributed by atoms with Crippen molar-refractivity contribution in [3.05, 3.63) is 39.7 Å². The predicted molar refractivity (Wildman–Crippen MR) is 58.3 cm³/mol. The molecule has 0 fully saturated rings. The Balaban J connectivity index is 2.25. The molecule has 0 saturated heterocycles. The van der Waals surface area contributed by atoms with E-state index in [9.17, 15) is 20.3 Å². The van der Waals surface area contributed by atoms with Crippen LogP contribution >= 0.6 is 0 Å². The van der Waals surface area contributed by atoms with Crippen molar-refractivity contribution in [2.45, 2.75) is 0 Å². The lowest BCUT2D eigenvalue weighted by atomic mass is 10.0. The topological polar surface area (TPSA) is 109 Å². The molecule has 1 heterocycles. The van der Waals surface area contributed by atoms with Gasteiger partial charge in [0, 0.05) is 12.1 Å². The van der Waals surface area contributed by atoms with Crippen LogP contribution < -0.4 is 0 Å². The van der Waals surface area contributed by atoms with Crippen LogP contribution in [-0.2, 0) is 0 Å². The Morgan fingerprint density at radius 3 is 2.24 bits per heavy atom. The number of nitrogens with zero attached hydrogens (tertiary/aromatic N) is 3. The van der Waals surface area contributed by atoms with Crippen LogP contribution in [0.4, 0.5) is 5.69 Å². The molecule has 1 aliphatic carbocycles. The normalized spacial score (nSPS) is 13.4. The van der Waals surface area contributed by atoms with Crippen LogP contribution in [0, 0.1) is 10.1 Å². The molecular formula is C10H5N3O4. The number of aliphatic hydroxyl groups excluding tert-OH is 2. The van der Waals surface area contributed by atoms with E-state index in [0.29, 0.717) is 11.0 Å². The molecule has 1 aromatic carbocycles. The first-order valence-corrected chi connectivity index (χ1v) is 4.67. The highest BCUT2D eigenvalue weighted by Gasteiger charge is 2.29. The van der Waals surface area contributed by atoms with Crippen molar-refractivity contribution in [2.75, 3.05) is 0 Å². The summed E-state index contributed by atoms with van der Waals surface area (Å²) in [7, 11) is 0. The lowest BCUT2D eigenvalue weighted by molar-refractivity contribution is -0.384. The molecule has 0 bridgehead atoms. The van der Waals surface area contributed by atoms with Gasteiger partial charge in [0.15, 0.2) is 11.5 Å². The summed E-state index contributed by atoms with van der Waals surface area (Å²) in [6.07, 6.45) is 0. The molecule has 0 saturated carbocycles. The number of rotatable bonds is 1. The fourth-order valence-corrected chi connectivity index (χ4v) is 1.65. The molecule has 0 amide bonds. The predicted octanol–water partition coefficient (Wildman–Crippen LogP) is 1.79. The molecule has 2 N–H and O–H groups in total. The molecule has 0 unspecified atom stereocenters. The Morgan fingerprint density at radius 1 is 1.06 bits per heavy atom. The maximum atomic E-state index is 10.6. The Kier molecular flexibility index (Phi) is 1.63. The lowest BCUT2D eigenvalue weighted by Gasteiger charge is -2.16. The third-order valence-electron chi connectivity index (χ3n) is 2.53. The van der Waals surface area contributed by atoms with E-state index in [2.05, 4.69) is 9.97 Å². The molecule has 17 heavy (non-hydrogen) atoms. The maximum absolute atomic E-state index is 10.6. The minimum atomic E-state index is -0.534. The Hall–Kier alpha value is -2.70. The van der Waals surface area contributed by atoms with E-state index in [1.807, 2.05) is 0 Å². The van der Waals surface area contributed by atoms with Gasteiger partial charge in [-0.2, -0.15) is 0 Å². The molecule has 2 aromatic rings. The van der Waals surface area contributed by atoms with Gasteiger partial charge in [0.2, 0.25) is 0 Å². The van der Waals surface area contributed by atoms with Gasteiger partial charge in [-0.05, 0) is 6.07 Å². The van der Waals surface area contributed by atoms with Crippen molar-refractivity contribution in [1.29, 1.82) is 0 Å². The molecule has 0 aliphatic heterocycles. The first kappa shape index (κ1) is 9.52. The van der Waals surface area contributed by atoms with Gasteiger partial charge < -0.3 is 10.2 Å². The van der Waals surface area contributed by atoms with E-state index in [4.69, 9.17) is 0 Å². The number of aromatic nitrogens is 2. The first-order valence-electron chi connectivity index (χ1n) is 4.67. The van der Waals surface area contributed by atoms with E-state index in [0.717, 1.165) is 0 Å². The summed E-state index contributed by atoms with van der Waals surface area (Å²) in [5, 5.41) is 29.2. The van der Waals surface area contributed by atoms with Gasteiger partial charge in [0.25, 0.3) is 5.69 Å². The first-order chi connectivity index (χ1) is 8.08. The number of non-ortho nitro benzene ring substituents is 1. The largest absolute Gasteiger partial charge is 0.503 e. The molecule has 1 aromatic heterocycles. The third kappa shape index (κ3) is 1.16. The van der Waals surface area contributed by atoms with Crippen molar-refractivity contribution in [3.8, 4) is 0 Å². The van der Waals surface area contributed by atoms with Crippen molar-refractivity contribution < 1.29 is 15.1 Å². The number of hydrogen-bond acceptors (Lipinski definition) is 6. The number of nitro groups is 1. The number of nitro benzene ring substituents is 1. The standard InChI is InChI=1S/C10H5N3O4/c14-9-7-8(10(9)15)12-6-3-4(13(16)17)1-2-5(6)11-7/h1-3,14-15H. The maximum Gasteiger partial charge on any atom is 0.271 e. The minimum Gasteiger partial charge on any atom is -0.503 e. The van der Waals surface area contributed by atoms with Gasteiger partial charge >= 0.3 is 0 Å². The lowest BCUT2D eigenvalue weighted by Crippen LogP contribution is -2.11. The summed E-state index contributed by atoms with van der Waals surface area (Å²) >= 11 is 0. The zero-order valence-corrected chi connectivity index (χ0v) is 8.28. The van der Waals surface area contributed by atoms with E-state index < -0.39 is 4.92 Å². The second-order valence-corrected chi connectivity index (χ2v) is 3.55. The second kappa shape index (κ2) is 2.91. The summed E-state index contributed by atoms with van der Waals surface area (Å²) in [4.78, 5) is 18.1. The minimum absolute atomic E-state index is 0.0984. The quantitative estimate of drug-likeness (QED) is 0.571. The van der Waals surface area contributed by atoms with Crippen LogP contribution in [0.2, 0.25) is 0 Å². The molecule has 0 atom stereocenters. The van der Waals surface area contributed by atoms with Gasteiger partial charge in [-0.1, -0.05) is 0 Å². The molecule has 1 aliphatic rings. The Labute approximate surface area is 93.8 Å². The van der Waals surface area contributed by atoms with Gasteiger partial charge in [0.1, 0.15) is 11.4 Å². The summed E-state index contributed by atoms with van der Waals surface area (Å²) in [6, 6.07) is 4.03. The number of benzene rings is 1. The number of aliphatic hydroxyl groups is 2. The van der Waals surface area contributed by atoms with Crippen LogP contribution in [0.1, 0.15) is 11.4 Å². The van der Waals surface area contributed by atoms with E-state index in [1.54, 1.807) is 0 Å². The molecule has 84 valence electrons. The molecule has 7 heteroatoms. The van der Waals surface area contributed by atoms with Gasteiger partial charge in [0.05, 0.1) is 16.0 Å². The Bertz CT molecular complexity index is 708. The van der Waals surface area contributed by atoms with E-state index in [1.165, 1.54) is 18.2 Å². The van der Waals surface area contributed by atoms with Gasteiger partial charge in [-0.25, -0.2) is 9.97 Å². The highest BCUT2D eigenvalue weighted by atomic mass is 16.6. The summed E-state index contributed by atoms with van der Waals surface area (Å²) < 4.78 is 0. The third-order valence-corrected chi connectivity index (χ3v) is 2.53.